The van der Waals surface area contributed by atoms with Gasteiger partial charge < -0.3 is 4.57 Å². The lowest BCUT2D eigenvalue weighted by molar-refractivity contribution is 0.840. The average Bonchev–Trinajstić information content (AvgIpc) is 3.75. The van der Waals surface area contributed by atoms with Crippen LogP contribution in [0.4, 0.5) is 0 Å². The highest BCUT2D eigenvalue weighted by molar-refractivity contribution is 6.25. The summed E-state index contributed by atoms with van der Waals surface area (Å²) in [6.45, 7) is 4.46. The maximum atomic E-state index is 5.42. The van der Waals surface area contributed by atoms with Crippen LogP contribution in [0.15, 0.2) is 128 Å². The van der Waals surface area contributed by atoms with Gasteiger partial charge in [-0.1, -0.05) is 74.5 Å². The molecular weight excluding hydrogens is 540 g/mol. The van der Waals surface area contributed by atoms with E-state index < -0.39 is 0 Å². The fraction of sp³-hybridized carbons (Fsp3) is 0.0789. The van der Waals surface area contributed by atoms with Gasteiger partial charge in [0.15, 0.2) is 0 Å². The summed E-state index contributed by atoms with van der Waals surface area (Å²) in [5.41, 5.74) is 9.61. The van der Waals surface area contributed by atoms with Gasteiger partial charge in [0.2, 0.25) is 0 Å². The normalized spacial score (nSPS) is 12.1. The average molecular weight is 569 g/mol. The van der Waals surface area contributed by atoms with E-state index in [1.165, 1.54) is 16.3 Å². The molecule has 6 heteroatoms. The lowest BCUT2D eigenvalue weighted by atomic mass is 10.0. The van der Waals surface area contributed by atoms with E-state index >= 15 is 0 Å². The SMILES string of the molecule is CC(C)c1cccnc1-n1c2ccccc2c2ccc3c(c4nc(-n5cnc6ccccc65)ccc4n3-c3ccccc3)c21. The van der Waals surface area contributed by atoms with Crippen molar-refractivity contribution in [2.24, 2.45) is 0 Å². The van der Waals surface area contributed by atoms with E-state index in [9.17, 15) is 0 Å². The molecule has 6 nitrogen and oxygen atoms in total. The van der Waals surface area contributed by atoms with Crippen LogP contribution in [0.5, 0.6) is 0 Å². The number of rotatable bonds is 4. The Labute approximate surface area is 253 Å². The van der Waals surface area contributed by atoms with E-state index in [2.05, 4.69) is 124 Å². The summed E-state index contributed by atoms with van der Waals surface area (Å²) in [6, 6.07) is 40.4. The van der Waals surface area contributed by atoms with Crippen LogP contribution in [0.1, 0.15) is 25.3 Å². The van der Waals surface area contributed by atoms with Gasteiger partial charge >= 0.3 is 0 Å². The quantitative estimate of drug-likeness (QED) is 0.213. The first-order valence-electron chi connectivity index (χ1n) is 15.0. The third kappa shape index (κ3) is 3.45. The van der Waals surface area contributed by atoms with Crippen LogP contribution in [0.3, 0.4) is 0 Å². The number of imidazole rings is 1. The fourth-order valence-corrected chi connectivity index (χ4v) is 6.80. The zero-order valence-corrected chi connectivity index (χ0v) is 24.4. The number of fused-ring (bicyclic) bond motifs is 8. The molecule has 0 radical (unpaired) electrons. The Hall–Kier alpha value is -5.75. The molecule has 0 saturated carbocycles. The zero-order chi connectivity index (χ0) is 29.4. The molecule has 0 fully saturated rings. The molecule has 0 bridgehead atoms. The number of hydrogen-bond donors (Lipinski definition) is 0. The molecule has 9 aromatic rings. The van der Waals surface area contributed by atoms with Gasteiger partial charge in [-0.3, -0.25) is 9.13 Å². The van der Waals surface area contributed by atoms with Crippen LogP contribution in [-0.4, -0.2) is 28.7 Å². The number of nitrogens with zero attached hydrogens (tertiary/aromatic N) is 6. The summed E-state index contributed by atoms with van der Waals surface area (Å²) in [4.78, 5) is 15.1. The predicted octanol–water partition coefficient (Wildman–Crippen LogP) is 9.13. The van der Waals surface area contributed by atoms with Gasteiger partial charge in [-0.15, -0.1) is 0 Å². The second kappa shape index (κ2) is 9.38. The number of hydrogen-bond acceptors (Lipinski definition) is 3. The summed E-state index contributed by atoms with van der Waals surface area (Å²) in [7, 11) is 0. The van der Waals surface area contributed by atoms with Crippen LogP contribution >= 0.6 is 0 Å². The maximum Gasteiger partial charge on any atom is 0.141 e. The van der Waals surface area contributed by atoms with Gasteiger partial charge in [0.05, 0.1) is 38.5 Å². The minimum atomic E-state index is 0.305. The Bertz CT molecular complexity index is 2530. The Morgan fingerprint density at radius 3 is 2.23 bits per heavy atom. The predicted molar refractivity (Wildman–Crippen MR) is 179 cm³/mol. The number of para-hydroxylation sites is 4. The molecule has 0 aliphatic heterocycles. The first kappa shape index (κ1) is 24.8. The van der Waals surface area contributed by atoms with Crippen molar-refractivity contribution in [2.75, 3.05) is 0 Å². The van der Waals surface area contributed by atoms with Crippen molar-refractivity contribution in [3.05, 3.63) is 133 Å². The van der Waals surface area contributed by atoms with Crippen LogP contribution in [0.2, 0.25) is 0 Å². The first-order chi connectivity index (χ1) is 21.7. The second-order valence-electron chi connectivity index (χ2n) is 11.6. The summed E-state index contributed by atoms with van der Waals surface area (Å²) >= 11 is 0. The minimum Gasteiger partial charge on any atom is -0.308 e. The monoisotopic (exact) mass is 568 g/mol. The largest absolute Gasteiger partial charge is 0.308 e. The van der Waals surface area contributed by atoms with E-state index in [1.807, 2.05) is 36.8 Å². The molecular formula is C38H28N6. The number of aromatic nitrogens is 6. The topological polar surface area (TPSA) is 53.5 Å². The molecule has 0 saturated heterocycles. The van der Waals surface area contributed by atoms with Crippen molar-refractivity contribution >= 4 is 54.8 Å². The molecule has 0 N–H and O–H groups in total. The fourth-order valence-electron chi connectivity index (χ4n) is 6.80. The molecule has 0 aliphatic carbocycles. The van der Waals surface area contributed by atoms with Crippen molar-refractivity contribution < 1.29 is 0 Å². The highest BCUT2D eigenvalue weighted by Gasteiger charge is 2.24. The molecule has 4 aromatic carbocycles. The third-order valence-corrected chi connectivity index (χ3v) is 8.76. The van der Waals surface area contributed by atoms with Crippen molar-refractivity contribution in [2.45, 2.75) is 19.8 Å². The highest BCUT2D eigenvalue weighted by Crippen LogP contribution is 2.42. The number of benzene rings is 4. The molecule has 0 aliphatic rings. The van der Waals surface area contributed by atoms with Gasteiger partial charge in [0.1, 0.15) is 23.5 Å². The van der Waals surface area contributed by atoms with E-state index in [0.717, 1.165) is 61.3 Å². The summed E-state index contributed by atoms with van der Waals surface area (Å²) in [6.07, 6.45) is 3.76. The summed E-state index contributed by atoms with van der Waals surface area (Å²) < 4.78 is 6.76. The standard InChI is InChI=1S/C38H28N6/c1-24(2)26-14-10-22-39-38(26)44-30-16-8-6-13-27(30)28-18-19-32-35(37(28)44)36-33(43(32)25-11-4-3-5-12-25)20-21-34(41-36)42-23-40-29-15-7-9-17-31(29)42/h3-24H,1-2H3. The molecule has 0 unspecified atom stereocenters. The Balaban J connectivity index is 1.49. The molecule has 5 aromatic heterocycles. The van der Waals surface area contributed by atoms with Crippen LogP contribution in [0.25, 0.3) is 72.1 Å². The van der Waals surface area contributed by atoms with Crippen LogP contribution in [0, 0.1) is 0 Å². The Kier molecular flexibility index (Phi) is 5.29. The van der Waals surface area contributed by atoms with Gasteiger partial charge in [-0.05, 0) is 66.1 Å². The minimum absolute atomic E-state index is 0.305. The van der Waals surface area contributed by atoms with Gasteiger partial charge in [0.25, 0.3) is 0 Å². The van der Waals surface area contributed by atoms with Crippen LogP contribution in [-0.2, 0) is 0 Å². The molecule has 9 rings (SSSR count). The van der Waals surface area contributed by atoms with E-state index in [1.54, 1.807) is 0 Å². The van der Waals surface area contributed by atoms with Crippen molar-refractivity contribution in [1.29, 1.82) is 0 Å². The molecule has 0 amide bonds. The Morgan fingerprint density at radius 1 is 0.591 bits per heavy atom. The van der Waals surface area contributed by atoms with E-state index in [0.29, 0.717) is 5.92 Å². The Morgan fingerprint density at radius 2 is 1.36 bits per heavy atom. The van der Waals surface area contributed by atoms with Crippen molar-refractivity contribution in [3.8, 4) is 17.3 Å². The van der Waals surface area contributed by atoms with E-state index in [-0.39, 0.29) is 0 Å². The highest BCUT2D eigenvalue weighted by atomic mass is 15.1. The maximum absolute atomic E-state index is 5.42. The van der Waals surface area contributed by atoms with E-state index in [4.69, 9.17) is 9.97 Å². The van der Waals surface area contributed by atoms with Gasteiger partial charge in [-0.2, -0.15) is 0 Å². The molecule has 210 valence electrons. The summed E-state index contributed by atoms with van der Waals surface area (Å²) in [5.74, 6) is 2.09. The van der Waals surface area contributed by atoms with Crippen molar-refractivity contribution in [1.82, 2.24) is 28.7 Å². The third-order valence-electron chi connectivity index (χ3n) is 8.76. The molecule has 44 heavy (non-hydrogen) atoms. The van der Waals surface area contributed by atoms with Gasteiger partial charge in [0, 0.05) is 22.7 Å². The first-order valence-corrected chi connectivity index (χ1v) is 15.0. The van der Waals surface area contributed by atoms with Crippen LogP contribution < -0.4 is 0 Å². The number of pyridine rings is 2. The zero-order valence-electron chi connectivity index (χ0n) is 24.4. The van der Waals surface area contributed by atoms with Gasteiger partial charge in [-0.25, -0.2) is 15.0 Å². The second-order valence-corrected chi connectivity index (χ2v) is 11.6. The van der Waals surface area contributed by atoms with Crippen molar-refractivity contribution in [3.63, 3.8) is 0 Å². The summed E-state index contributed by atoms with van der Waals surface area (Å²) in [5, 5.41) is 3.48. The molecule has 0 atom stereocenters. The lowest BCUT2D eigenvalue weighted by Gasteiger charge is -2.15. The smallest absolute Gasteiger partial charge is 0.141 e. The molecule has 5 heterocycles. The molecule has 0 spiro atoms. The lowest BCUT2D eigenvalue weighted by Crippen LogP contribution is -2.04.